The number of fused-ring (bicyclic) bond motifs is 1. The van der Waals surface area contributed by atoms with Gasteiger partial charge in [-0.05, 0) is 29.8 Å². The number of benzene rings is 3. The van der Waals surface area contributed by atoms with E-state index < -0.39 is 18.1 Å². The van der Waals surface area contributed by atoms with Crippen LogP contribution in [0, 0.1) is 5.92 Å². The summed E-state index contributed by atoms with van der Waals surface area (Å²) in [5.74, 6) is -0.0886. The highest BCUT2D eigenvalue weighted by molar-refractivity contribution is 6.07. The number of hydrogen-bond donors (Lipinski definition) is 0. The van der Waals surface area contributed by atoms with E-state index >= 15 is 0 Å². The van der Waals surface area contributed by atoms with Gasteiger partial charge in [0.15, 0.2) is 17.6 Å². The first-order chi connectivity index (χ1) is 17.1. The van der Waals surface area contributed by atoms with E-state index in [4.69, 9.17) is 19.0 Å². The van der Waals surface area contributed by atoms with Crippen molar-refractivity contribution < 1.29 is 28.6 Å². The van der Waals surface area contributed by atoms with Gasteiger partial charge in [0, 0.05) is 5.56 Å². The summed E-state index contributed by atoms with van der Waals surface area (Å²) in [4.78, 5) is 34.6. The molecule has 180 valence electrons. The van der Waals surface area contributed by atoms with Crippen LogP contribution in [-0.2, 0) is 21.0 Å². The van der Waals surface area contributed by atoms with Gasteiger partial charge in [0.1, 0.15) is 12.0 Å². The molecule has 0 radical (unpaired) electrons. The lowest BCUT2D eigenvalue weighted by atomic mass is 9.89. The van der Waals surface area contributed by atoms with Gasteiger partial charge in [-0.3, -0.25) is 19.3 Å². The van der Waals surface area contributed by atoms with Crippen molar-refractivity contribution in [3.8, 4) is 17.2 Å². The minimum absolute atomic E-state index is 0.190. The van der Waals surface area contributed by atoms with Gasteiger partial charge < -0.3 is 14.2 Å². The third kappa shape index (κ3) is 3.76. The van der Waals surface area contributed by atoms with Crippen molar-refractivity contribution in [1.29, 1.82) is 0 Å². The number of carbonyl (C=O) groups excluding carboxylic acids is 2. The third-order valence-corrected chi connectivity index (χ3v) is 6.45. The Morgan fingerprint density at radius 1 is 0.771 bits per heavy atom. The van der Waals surface area contributed by atoms with Crippen LogP contribution in [0.2, 0.25) is 0 Å². The molecule has 2 aliphatic rings. The average molecular weight is 475 g/mol. The van der Waals surface area contributed by atoms with Gasteiger partial charge in [-0.1, -0.05) is 48.5 Å². The molecule has 5 rings (SSSR count). The molecule has 2 aliphatic heterocycles. The largest absolute Gasteiger partial charge is 0.493 e. The molecule has 2 heterocycles. The van der Waals surface area contributed by atoms with Crippen LogP contribution in [0.3, 0.4) is 0 Å². The number of anilines is 1. The Labute approximate surface area is 203 Å². The Balaban J connectivity index is 1.61. The molecule has 2 fully saturated rings. The molecule has 0 unspecified atom stereocenters. The van der Waals surface area contributed by atoms with E-state index in [0.29, 0.717) is 22.8 Å². The summed E-state index contributed by atoms with van der Waals surface area (Å²) < 4.78 is 16.8. The second kappa shape index (κ2) is 9.31. The van der Waals surface area contributed by atoms with E-state index in [9.17, 15) is 9.59 Å². The highest BCUT2D eigenvalue weighted by Gasteiger charge is 2.60. The number of likely N-dealkylation sites (tertiary alicyclic amines) is 1. The number of carbonyl (C=O) groups is 2. The minimum Gasteiger partial charge on any atom is -0.493 e. The number of hydrogen-bond acceptors (Lipinski definition) is 7. The Hall–Kier alpha value is -4.04. The lowest BCUT2D eigenvalue weighted by Crippen LogP contribution is -2.37. The van der Waals surface area contributed by atoms with Crippen LogP contribution in [0.4, 0.5) is 5.69 Å². The highest BCUT2D eigenvalue weighted by atomic mass is 16.7. The zero-order valence-electron chi connectivity index (χ0n) is 19.7. The summed E-state index contributed by atoms with van der Waals surface area (Å²) in [6.45, 7) is 0.190. The summed E-state index contributed by atoms with van der Waals surface area (Å²) in [6, 6.07) is 21.8. The van der Waals surface area contributed by atoms with Crippen LogP contribution in [-0.4, -0.2) is 44.1 Å². The van der Waals surface area contributed by atoms with Crippen LogP contribution in [0.5, 0.6) is 17.2 Å². The standard InChI is InChI=1S/C27H26N2O6/c1-32-20-15-14-19(23(33-2)24(20)34-3)22-21-25(35-29(22)18-12-8-5-9-13-18)27(31)28(26(21)30)16-17-10-6-4-7-11-17/h4-15,21-22,25H,16H2,1-3H3/t21-,22-,25+/m0/s1. The predicted octanol–water partition coefficient (Wildman–Crippen LogP) is 3.76. The van der Waals surface area contributed by atoms with Gasteiger partial charge in [0.25, 0.3) is 5.91 Å². The van der Waals surface area contributed by atoms with Crippen LogP contribution in [0.25, 0.3) is 0 Å². The molecule has 8 nitrogen and oxygen atoms in total. The molecular formula is C27H26N2O6. The molecule has 0 N–H and O–H groups in total. The first kappa shape index (κ1) is 22.7. The summed E-state index contributed by atoms with van der Waals surface area (Å²) in [5.41, 5.74) is 2.25. The van der Waals surface area contributed by atoms with Crippen molar-refractivity contribution in [3.63, 3.8) is 0 Å². The Kier molecular flexibility index (Phi) is 6.05. The molecule has 0 spiro atoms. The van der Waals surface area contributed by atoms with Crippen LogP contribution >= 0.6 is 0 Å². The molecule has 3 aromatic carbocycles. The summed E-state index contributed by atoms with van der Waals surface area (Å²) in [7, 11) is 4.60. The molecule has 2 saturated heterocycles. The number of ether oxygens (including phenoxy) is 3. The van der Waals surface area contributed by atoms with Gasteiger partial charge in [-0.2, -0.15) is 0 Å². The topological polar surface area (TPSA) is 77.5 Å². The van der Waals surface area contributed by atoms with Crippen LogP contribution in [0.1, 0.15) is 17.2 Å². The lowest BCUT2D eigenvalue weighted by molar-refractivity contribution is -0.143. The molecule has 3 aromatic rings. The number of rotatable bonds is 7. The number of methoxy groups -OCH3 is 3. The second-order valence-electron chi connectivity index (χ2n) is 8.33. The van der Waals surface area contributed by atoms with E-state index in [1.54, 1.807) is 18.2 Å². The van der Waals surface area contributed by atoms with Crippen molar-refractivity contribution in [1.82, 2.24) is 4.90 Å². The fourth-order valence-electron chi connectivity index (χ4n) is 4.87. The first-order valence-corrected chi connectivity index (χ1v) is 11.3. The Morgan fingerprint density at radius 2 is 1.43 bits per heavy atom. The van der Waals surface area contributed by atoms with Gasteiger partial charge in [-0.15, -0.1) is 0 Å². The van der Waals surface area contributed by atoms with Crippen molar-refractivity contribution in [2.45, 2.75) is 18.7 Å². The molecule has 0 saturated carbocycles. The fourth-order valence-corrected chi connectivity index (χ4v) is 4.87. The Bertz CT molecular complexity index is 1230. The zero-order chi connectivity index (χ0) is 24.5. The molecule has 35 heavy (non-hydrogen) atoms. The number of hydroxylamine groups is 1. The van der Waals surface area contributed by atoms with Crippen molar-refractivity contribution in [2.24, 2.45) is 5.92 Å². The summed E-state index contributed by atoms with van der Waals surface area (Å²) >= 11 is 0. The lowest BCUT2D eigenvalue weighted by Gasteiger charge is -2.30. The molecule has 0 aliphatic carbocycles. The highest BCUT2D eigenvalue weighted by Crippen LogP contribution is 2.52. The van der Waals surface area contributed by atoms with Gasteiger partial charge in [0.05, 0.1) is 33.6 Å². The van der Waals surface area contributed by atoms with Crippen LogP contribution < -0.4 is 19.3 Å². The summed E-state index contributed by atoms with van der Waals surface area (Å²) in [5, 5.41) is 1.63. The molecular weight excluding hydrogens is 448 g/mol. The molecule has 2 amide bonds. The summed E-state index contributed by atoms with van der Waals surface area (Å²) in [6.07, 6.45) is -0.950. The number of amides is 2. The van der Waals surface area contributed by atoms with Gasteiger partial charge >= 0.3 is 0 Å². The zero-order valence-corrected chi connectivity index (χ0v) is 19.7. The fraction of sp³-hybridized carbons (Fsp3) is 0.259. The maximum Gasteiger partial charge on any atom is 0.262 e. The van der Waals surface area contributed by atoms with Crippen LogP contribution in [0.15, 0.2) is 72.8 Å². The number of para-hydroxylation sites is 1. The SMILES string of the molecule is COc1ccc([C@H]2[C@@H]3C(=O)N(Cc4ccccc4)C(=O)[C@@H]3ON2c2ccccc2)c(OC)c1OC. The molecule has 3 atom stereocenters. The van der Waals surface area contributed by atoms with Crippen molar-refractivity contribution in [3.05, 3.63) is 83.9 Å². The smallest absolute Gasteiger partial charge is 0.262 e. The first-order valence-electron chi connectivity index (χ1n) is 11.3. The van der Waals surface area contributed by atoms with Crippen molar-refractivity contribution in [2.75, 3.05) is 26.4 Å². The van der Waals surface area contributed by atoms with E-state index in [1.807, 2.05) is 66.7 Å². The molecule has 8 heteroatoms. The van der Waals surface area contributed by atoms with E-state index in [2.05, 4.69) is 0 Å². The van der Waals surface area contributed by atoms with Gasteiger partial charge in [-0.25, -0.2) is 5.06 Å². The molecule has 0 aromatic heterocycles. The number of nitrogens with zero attached hydrogens (tertiary/aromatic N) is 2. The quantitative estimate of drug-likeness (QED) is 0.483. The maximum atomic E-state index is 13.7. The average Bonchev–Trinajstić information content (AvgIpc) is 3.40. The normalized spacial score (nSPS) is 21.3. The maximum absolute atomic E-state index is 13.7. The van der Waals surface area contributed by atoms with E-state index in [-0.39, 0.29) is 18.4 Å². The van der Waals surface area contributed by atoms with Gasteiger partial charge in [0.2, 0.25) is 11.7 Å². The van der Waals surface area contributed by atoms with E-state index in [0.717, 1.165) is 11.3 Å². The number of imide groups is 1. The third-order valence-electron chi connectivity index (χ3n) is 6.45. The monoisotopic (exact) mass is 474 g/mol. The molecule has 0 bridgehead atoms. The Morgan fingerprint density at radius 3 is 2.06 bits per heavy atom. The van der Waals surface area contributed by atoms with Crippen molar-refractivity contribution >= 4 is 17.5 Å². The minimum atomic E-state index is -0.950. The predicted molar refractivity (Wildman–Crippen MR) is 128 cm³/mol. The van der Waals surface area contributed by atoms with E-state index in [1.165, 1.54) is 19.1 Å². The second-order valence-corrected chi connectivity index (χ2v) is 8.33.